The summed E-state index contributed by atoms with van der Waals surface area (Å²) >= 11 is 1.62. The maximum Gasteiger partial charge on any atom is 0.185 e. The van der Waals surface area contributed by atoms with Gasteiger partial charge in [0.15, 0.2) is 5.78 Å². The third-order valence-electron chi connectivity index (χ3n) is 2.98. The Hall–Kier alpha value is -2.19. The second-order valence-corrected chi connectivity index (χ2v) is 5.25. The third-order valence-corrected chi connectivity index (χ3v) is 3.81. The van der Waals surface area contributed by atoms with Crippen LogP contribution in [-0.2, 0) is 0 Å². The predicted octanol–water partition coefficient (Wildman–Crippen LogP) is 4.80. The molecule has 2 aromatic carbocycles. The summed E-state index contributed by atoms with van der Waals surface area (Å²) in [6.07, 6.45) is 3.50. The van der Waals surface area contributed by atoms with Crippen molar-refractivity contribution in [3.63, 3.8) is 0 Å². The summed E-state index contributed by atoms with van der Waals surface area (Å²) < 4.78 is 0. The Morgan fingerprint density at radius 3 is 2.58 bits per heavy atom. The van der Waals surface area contributed by atoms with Gasteiger partial charge in [0.25, 0.3) is 0 Å². The molecule has 19 heavy (non-hydrogen) atoms. The molecule has 1 nitrogen and oxygen atoms in total. The van der Waals surface area contributed by atoms with Crippen molar-refractivity contribution in [3.8, 4) is 0 Å². The van der Waals surface area contributed by atoms with Gasteiger partial charge in [-0.25, -0.2) is 0 Å². The molecule has 1 aromatic heterocycles. The molecule has 92 valence electrons. The van der Waals surface area contributed by atoms with Gasteiger partial charge in [0.2, 0.25) is 0 Å². The molecule has 0 aliphatic rings. The molecule has 0 radical (unpaired) electrons. The molecule has 0 bridgehead atoms. The van der Waals surface area contributed by atoms with Crippen molar-refractivity contribution in [2.75, 3.05) is 0 Å². The largest absolute Gasteiger partial charge is 0.289 e. The summed E-state index contributed by atoms with van der Waals surface area (Å²) in [5.74, 6) is 0.0409. The van der Waals surface area contributed by atoms with Crippen LogP contribution in [0.4, 0.5) is 0 Å². The molecule has 0 atom stereocenters. The summed E-state index contributed by atoms with van der Waals surface area (Å²) in [4.78, 5) is 13.2. The number of benzene rings is 2. The van der Waals surface area contributed by atoms with Gasteiger partial charge in [0.05, 0.1) is 0 Å². The minimum absolute atomic E-state index is 0.0409. The molecule has 0 aliphatic carbocycles. The van der Waals surface area contributed by atoms with E-state index in [9.17, 15) is 4.79 Å². The lowest BCUT2D eigenvalue weighted by molar-refractivity contribution is 0.104. The molecular weight excluding hydrogens is 252 g/mol. The van der Waals surface area contributed by atoms with Crippen LogP contribution < -0.4 is 0 Å². The Labute approximate surface area is 115 Å². The lowest BCUT2D eigenvalue weighted by atomic mass is 10.0. The van der Waals surface area contributed by atoms with E-state index in [2.05, 4.69) is 0 Å². The first-order valence-corrected chi connectivity index (χ1v) is 6.96. The average molecular weight is 264 g/mol. The Kier molecular flexibility index (Phi) is 3.25. The number of fused-ring (bicyclic) bond motifs is 1. The van der Waals surface area contributed by atoms with E-state index in [0.717, 1.165) is 21.2 Å². The minimum Gasteiger partial charge on any atom is -0.289 e. The third kappa shape index (κ3) is 2.64. The molecule has 0 fully saturated rings. The molecule has 3 aromatic rings. The first-order valence-electron chi connectivity index (χ1n) is 6.08. The van der Waals surface area contributed by atoms with Gasteiger partial charge in [-0.15, -0.1) is 11.3 Å². The van der Waals surface area contributed by atoms with Crippen molar-refractivity contribution < 1.29 is 4.79 Å². The standard InChI is InChI=1S/C17H12OS/c18-17(10-9-16-6-3-11-19-16)15-8-7-13-4-1-2-5-14(13)12-15/h1-12H/b10-9-. The minimum atomic E-state index is 0.0409. The van der Waals surface area contributed by atoms with E-state index in [1.807, 2.05) is 66.1 Å². The second-order valence-electron chi connectivity index (χ2n) is 4.27. The Bertz CT molecular complexity index is 739. The van der Waals surface area contributed by atoms with Crippen molar-refractivity contribution in [2.24, 2.45) is 0 Å². The van der Waals surface area contributed by atoms with Crippen molar-refractivity contribution in [1.29, 1.82) is 0 Å². The topological polar surface area (TPSA) is 17.1 Å². The van der Waals surface area contributed by atoms with Gasteiger partial charge >= 0.3 is 0 Å². The molecule has 0 unspecified atom stereocenters. The fraction of sp³-hybridized carbons (Fsp3) is 0. The molecule has 0 aliphatic heterocycles. The highest BCUT2D eigenvalue weighted by molar-refractivity contribution is 7.10. The smallest absolute Gasteiger partial charge is 0.185 e. The quantitative estimate of drug-likeness (QED) is 0.490. The zero-order valence-corrected chi connectivity index (χ0v) is 11.1. The van der Waals surface area contributed by atoms with Gasteiger partial charge in [-0.3, -0.25) is 4.79 Å². The highest BCUT2D eigenvalue weighted by Gasteiger charge is 2.02. The Balaban J connectivity index is 1.89. The highest BCUT2D eigenvalue weighted by Crippen LogP contribution is 2.17. The number of thiophene rings is 1. The summed E-state index contributed by atoms with van der Waals surface area (Å²) in [7, 11) is 0. The van der Waals surface area contributed by atoms with E-state index in [1.165, 1.54) is 0 Å². The van der Waals surface area contributed by atoms with Crippen LogP contribution in [0.1, 0.15) is 15.2 Å². The molecule has 0 saturated heterocycles. The van der Waals surface area contributed by atoms with Gasteiger partial charge in [0.1, 0.15) is 0 Å². The van der Waals surface area contributed by atoms with Gasteiger partial charge < -0.3 is 0 Å². The van der Waals surface area contributed by atoms with Crippen molar-refractivity contribution in [1.82, 2.24) is 0 Å². The predicted molar refractivity (Wildman–Crippen MR) is 81.6 cm³/mol. The van der Waals surface area contributed by atoms with E-state index in [-0.39, 0.29) is 5.78 Å². The van der Waals surface area contributed by atoms with Crippen LogP contribution in [0, 0.1) is 0 Å². The van der Waals surface area contributed by atoms with Crippen LogP contribution in [0.25, 0.3) is 16.8 Å². The highest BCUT2D eigenvalue weighted by atomic mass is 32.1. The van der Waals surface area contributed by atoms with Crippen molar-refractivity contribution in [3.05, 3.63) is 76.5 Å². The van der Waals surface area contributed by atoms with Gasteiger partial charge in [-0.2, -0.15) is 0 Å². The molecule has 0 amide bonds. The van der Waals surface area contributed by atoms with Crippen LogP contribution in [0.2, 0.25) is 0 Å². The average Bonchev–Trinajstić information content (AvgIpc) is 2.97. The van der Waals surface area contributed by atoms with Crippen molar-refractivity contribution in [2.45, 2.75) is 0 Å². The zero-order chi connectivity index (χ0) is 13.1. The molecule has 0 spiro atoms. The fourth-order valence-corrected chi connectivity index (χ4v) is 2.60. The summed E-state index contributed by atoms with van der Waals surface area (Å²) in [5, 5.41) is 4.25. The van der Waals surface area contributed by atoms with Gasteiger partial charge in [0, 0.05) is 10.4 Å². The van der Waals surface area contributed by atoms with Crippen LogP contribution in [-0.4, -0.2) is 5.78 Å². The van der Waals surface area contributed by atoms with Gasteiger partial charge in [-0.1, -0.05) is 42.5 Å². The molecule has 2 heteroatoms. The summed E-state index contributed by atoms with van der Waals surface area (Å²) in [6.45, 7) is 0. The van der Waals surface area contributed by atoms with E-state index >= 15 is 0 Å². The van der Waals surface area contributed by atoms with E-state index < -0.39 is 0 Å². The maximum absolute atomic E-state index is 12.1. The maximum atomic E-state index is 12.1. The van der Waals surface area contributed by atoms with Crippen LogP contribution >= 0.6 is 11.3 Å². The number of hydrogen-bond donors (Lipinski definition) is 0. The molecule has 1 heterocycles. The van der Waals surface area contributed by atoms with Gasteiger partial charge in [-0.05, 0) is 40.4 Å². The first-order chi connectivity index (χ1) is 9.33. The number of hydrogen-bond acceptors (Lipinski definition) is 2. The molecular formula is C17H12OS. The molecule has 0 N–H and O–H groups in total. The van der Waals surface area contributed by atoms with E-state index in [1.54, 1.807) is 17.4 Å². The SMILES string of the molecule is O=C(/C=C\c1cccs1)c1ccc2ccccc2c1. The molecule has 0 saturated carbocycles. The molecule has 3 rings (SSSR count). The lowest BCUT2D eigenvalue weighted by Crippen LogP contribution is -1.93. The number of allylic oxidation sites excluding steroid dienone is 1. The van der Waals surface area contributed by atoms with E-state index in [4.69, 9.17) is 0 Å². The zero-order valence-electron chi connectivity index (χ0n) is 10.2. The summed E-state index contributed by atoms with van der Waals surface area (Å²) in [6, 6.07) is 17.8. The Morgan fingerprint density at radius 1 is 0.947 bits per heavy atom. The number of ketones is 1. The number of carbonyl (C=O) groups is 1. The van der Waals surface area contributed by atoms with Crippen LogP contribution in [0.15, 0.2) is 66.1 Å². The van der Waals surface area contributed by atoms with E-state index in [0.29, 0.717) is 0 Å². The fourth-order valence-electron chi connectivity index (χ4n) is 1.98. The normalized spacial score (nSPS) is 11.2. The van der Waals surface area contributed by atoms with Crippen molar-refractivity contribution >= 4 is 34.0 Å². The second kappa shape index (κ2) is 5.21. The number of carbonyl (C=O) groups excluding carboxylic acids is 1. The lowest BCUT2D eigenvalue weighted by Gasteiger charge is -2.00. The van der Waals surface area contributed by atoms with Crippen LogP contribution in [0.5, 0.6) is 0 Å². The Morgan fingerprint density at radius 2 is 1.79 bits per heavy atom. The first kappa shape index (κ1) is 11.9. The number of rotatable bonds is 3. The van der Waals surface area contributed by atoms with Crippen LogP contribution in [0.3, 0.4) is 0 Å². The summed E-state index contributed by atoms with van der Waals surface area (Å²) in [5.41, 5.74) is 0.728. The monoisotopic (exact) mass is 264 g/mol.